The fraction of sp³-hybridized carbons (Fsp3) is 0.875. The van der Waals surface area contributed by atoms with Gasteiger partial charge in [-0.2, -0.15) is 0 Å². The van der Waals surface area contributed by atoms with E-state index < -0.39 is 5.97 Å². The molecular formula is C8H14O2. The predicted octanol–water partition coefficient (Wildman–Crippen LogP) is 1.90. The minimum Gasteiger partial charge on any atom is -0.481 e. The summed E-state index contributed by atoms with van der Waals surface area (Å²) in [7, 11) is 0. The lowest BCUT2D eigenvalue weighted by Crippen LogP contribution is -2.09. The molecule has 0 saturated heterocycles. The predicted molar refractivity (Wildman–Crippen MR) is 38.8 cm³/mol. The summed E-state index contributed by atoms with van der Waals surface area (Å²) in [5.41, 5.74) is 0. The monoisotopic (exact) mass is 142 g/mol. The molecule has 0 aliphatic heterocycles. The van der Waals surface area contributed by atoms with E-state index in [9.17, 15) is 4.79 Å². The first kappa shape index (κ1) is 7.58. The lowest BCUT2D eigenvalue weighted by molar-refractivity contribution is -0.141. The average Bonchev–Trinajstić information content (AvgIpc) is 2.34. The Kier molecular flexibility index (Phi) is 2.30. The van der Waals surface area contributed by atoms with E-state index in [1.54, 1.807) is 0 Å². The number of carbonyl (C=O) groups is 1. The van der Waals surface area contributed by atoms with E-state index in [-0.39, 0.29) is 5.92 Å². The highest BCUT2D eigenvalue weighted by molar-refractivity contribution is 5.70. The standard InChI is InChI=1S/C8H14O2/c1-2-6-3-4-7(5-6)8(9)10/h6-7H,2-5H2,1H3,(H,9,10)/t6-,7+/m0/s1. The summed E-state index contributed by atoms with van der Waals surface area (Å²) in [5.74, 6) is 0.0435. The molecule has 1 N–H and O–H groups in total. The normalized spacial score (nSPS) is 32.5. The van der Waals surface area contributed by atoms with Gasteiger partial charge in [-0.25, -0.2) is 0 Å². The van der Waals surface area contributed by atoms with Crippen LogP contribution >= 0.6 is 0 Å². The van der Waals surface area contributed by atoms with Crippen molar-refractivity contribution in [2.45, 2.75) is 32.6 Å². The van der Waals surface area contributed by atoms with Gasteiger partial charge in [0, 0.05) is 0 Å². The molecule has 0 amide bonds. The van der Waals surface area contributed by atoms with Gasteiger partial charge in [0.05, 0.1) is 5.92 Å². The second-order valence-electron chi connectivity index (χ2n) is 3.12. The summed E-state index contributed by atoms with van der Waals surface area (Å²) in [6, 6.07) is 0. The number of carboxylic acids is 1. The maximum Gasteiger partial charge on any atom is 0.306 e. The molecule has 0 radical (unpaired) electrons. The van der Waals surface area contributed by atoms with E-state index in [2.05, 4.69) is 6.92 Å². The molecule has 2 heteroatoms. The summed E-state index contributed by atoms with van der Waals surface area (Å²) >= 11 is 0. The first-order valence-corrected chi connectivity index (χ1v) is 3.96. The Bertz CT molecular complexity index is 131. The highest BCUT2D eigenvalue weighted by Gasteiger charge is 2.28. The van der Waals surface area contributed by atoms with Crippen molar-refractivity contribution in [3.05, 3.63) is 0 Å². The van der Waals surface area contributed by atoms with Gasteiger partial charge >= 0.3 is 5.97 Å². The van der Waals surface area contributed by atoms with Crippen molar-refractivity contribution < 1.29 is 9.90 Å². The van der Waals surface area contributed by atoms with Crippen LogP contribution in [0.4, 0.5) is 0 Å². The molecular weight excluding hydrogens is 128 g/mol. The second kappa shape index (κ2) is 3.04. The van der Waals surface area contributed by atoms with Gasteiger partial charge in [-0.3, -0.25) is 4.79 Å². The van der Waals surface area contributed by atoms with Crippen LogP contribution in [0.2, 0.25) is 0 Å². The Morgan fingerprint density at radius 3 is 2.60 bits per heavy atom. The second-order valence-corrected chi connectivity index (χ2v) is 3.12. The number of hydrogen-bond acceptors (Lipinski definition) is 1. The van der Waals surface area contributed by atoms with Crippen molar-refractivity contribution in [3.63, 3.8) is 0 Å². The van der Waals surface area contributed by atoms with Gasteiger partial charge in [-0.15, -0.1) is 0 Å². The molecule has 1 saturated carbocycles. The zero-order valence-electron chi connectivity index (χ0n) is 6.34. The molecule has 0 heterocycles. The quantitative estimate of drug-likeness (QED) is 0.639. The van der Waals surface area contributed by atoms with E-state index >= 15 is 0 Å². The number of hydrogen-bond donors (Lipinski definition) is 1. The Morgan fingerprint density at radius 2 is 2.30 bits per heavy atom. The van der Waals surface area contributed by atoms with Crippen LogP contribution in [-0.4, -0.2) is 11.1 Å². The Balaban J connectivity index is 2.35. The topological polar surface area (TPSA) is 37.3 Å². The van der Waals surface area contributed by atoms with Crippen molar-refractivity contribution in [2.24, 2.45) is 11.8 Å². The molecule has 0 bridgehead atoms. The van der Waals surface area contributed by atoms with Crippen LogP contribution in [0.3, 0.4) is 0 Å². The van der Waals surface area contributed by atoms with E-state index in [1.807, 2.05) is 0 Å². The lowest BCUT2D eigenvalue weighted by atomic mass is 10.0. The number of aliphatic carboxylic acids is 1. The van der Waals surface area contributed by atoms with Gasteiger partial charge in [-0.1, -0.05) is 13.3 Å². The van der Waals surface area contributed by atoms with Crippen LogP contribution in [0.15, 0.2) is 0 Å². The van der Waals surface area contributed by atoms with Crippen LogP contribution in [0.25, 0.3) is 0 Å². The van der Waals surface area contributed by atoms with Gasteiger partial charge in [-0.05, 0) is 25.2 Å². The highest BCUT2D eigenvalue weighted by Crippen LogP contribution is 2.32. The van der Waals surface area contributed by atoms with Crippen molar-refractivity contribution in [1.82, 2.24) is 0 Å². The first-order chi connectivity index (χ1) is 4.74. The third-order valence-corrected chi connectivity index (χ3v) is 2.47. The fourth-order valence-electron chi connectivity index (χ4n) is 1.67. The third kappa shape index (κ3) is 1.49. The molecule has 2 nitrogen and oxygen atoms in total. The molecule has 1 fully saturated rings. The minimum absolute atomic E-state index is 0.0371. The SMILES string of the molecule is CC[C@H]1CC[C@@H](C(=O)O)C1. The lowest BCUT2D eigenvalue weighted by Gasteiger charge is -2.03. The molecule has 0 unspecified atom stereocenters. The van der Waals surface area contributed by atoms with Crippen LogP contribution in [0, 0.1) is 11.8 Å². The molecule has 1 aliphatic rings. The van der Waals surface area contributed by atoms with Gasteiger partial charge in [0.2, 0.25) is 0 Å². The van der Waals surface area contributed by atoms with E-state index in [4.69, 9.17) is 5.11 Å². The van der Waals surface area contributed by atoms with Crippen molar-refractivity contribution in [2.75, 3.05) is 0 Å². The largest absolute Gasteiger partial charge is 0.481 e. The van der Waals surface area contributed by atoms with E-state index in [0.29, 0.717) is 5.92 Å². The average molecular weight is 142 g/mol. The van der Waals surface area contributed by atoms with Crippen molar-refractivity contribution >= 4 is 5.97 Å². The first-order valence-electron chi connectivity index (χ1n) is 3.96. The van der Waals surface area contributed by atoms with Crippen LogP contribution in [0.1, 0.15) is 32.6 Å². The Hall–Kier alpha value is -0.530. The maximum atomic E-state index is 10.5. The van der Waals surface area contributed by atoms with Crippen molar-refractivity contribution in [3.8, 4) is 0 Å². The molecule has 2 atom stereocenters. The molecule has 10 heavy (non-hydrogen) atoms. The Labute approximate surface area is 61.2 Å². The molecule has 0 aromatic rings. The van der Waals surface area contributed by atoms with E-state index in [1.165, 1.54) is 0 Å². The minimum atomic E-state index is -0.601. The maximum absolute atomic E-state index is 10.5. The molecule has 58 valence electrons. The molecule has 1 rings (SSSR count). The fourth-order valence-corrected chi connectivity index (χ4v) is 1.67. The van der Waals surface area contributed by atoms with Gasteiger partial charge in [0.1, 0.15) is 0 Å². The third-order valence-electron chi connectivity index (χ3n) is 2.47. The zero-order valence-corrected chi connectivity index (χ0v) is 6.34. The zero-order chi connectivity index (χ0) is 7.56. The number of carboxylic acid groups (broad SMARTS) is 1. The molecule has 0 aromatic carbocycles. The van der Waals surface area contributed by atoms with Gasteiger partial charge in [0.15, 0.2) is 0 Å². The van der Waals surface area contributed by atoms with Crippen LogP contribution in [0.5, 0.6) is 0 Å². The Morgan fingerprint density at radius 1 is 1.60 bits per heavy atom. The van der Waals surface area contributed by atoms with E-state index in [0.717, 1.165) is 25.7 Å². The van der Waals surface area contributed by atoms with Crippen molar-refractivity contribution in [1.29, 1.82) is 0 Å². The van der Waals surface area contributed by atoms with Crippen LogP contribution < -0.4 is 0 Å². The summed E-state index contributed by atoms with van der Waals surface area (Å²) in [6.45, 7) is 2.13. The summed E-state index contributed by atoms with van der Waals surface area (Å²) in [6.07, 6.45) is 4.07. The molecule has 1 aliphatic carbocycles. The summed E-state index contributed by atoms with van der Waals surface area (Å²) in [4.78, 5) is 10.5. The number of rotatable bonds is 2. The van der Waals surface area contributed by atoms with Gasteiger partial charge < -0.3 is 5.11 Å². The summed E-state index contributed by atoms with van der Waals surface area (Å²) < 4.78 is 0. The molecule has 0 spiro atoms. The van der Waals surface area contributed by atoms with Crippen LogP contribution in [-0.2, 0) is 4.79 Å². The molecule has 0 aromatic heterocycles. The smallest absolute Gasteiger partial charge is 0.306 e. The highest BCUT2D eigenvalue weighted by atomic mass is 16.4. The summed E-state index contributed by atoms with van der Waals surface area (Å²) in [5, 5.41) is 8.63. The van der Waals surface area contributed by atoms with Gasteiger partial charge in [0.25, 0.3) is 0 Å².